The lowest BCUT2D eigenvalue weighted by molar-refractivity contribution is 0.209. The molecule has 108 valence electrons. The van der Waals surface area contributed by atoms with Crippen LogP contribution in [0, 0.1) is 0 Å². The van der Waals surface area contributed by atoms with E-state index in [0.717, 1.165) is 15.2 Å². The number of carboxylic acid groups (broad SMARTS) is 1. The number of thioether (sulfide) groups is 1. The van der Waals surface area contributed by atoms with Gasteiger partial charge >= 0.3 is 6.09 Å². The van der Waals surface area contributed by atoms with Gasteiger partial charge in [-0.15, -0.1) is 16.4 Å². The summed E-state index contributed by atoms with van der Waals surface area (Å²) in [6.07, 6.45) is -1.18. The lowest BCUT2D eigenvalue weighted by Crippen LogP contribution is -2.08. The summed E-state index contributed by atoms with van der Waals surface area (Å²) in [6, 6.07) is 7.98. The van der Waals surface area contributed by atoms with Crippen LogP contribution in [0.15, 0.2) is 29.4 Å². The molecule has 0 spiro atoms. The molecule has 2 heterocycles. The second kappa shape index (κ2) is 5.70. The number of benzene rings is 1. The molecule has 2 N–H and O–H groups in total. The summed E-state index contributed by atoms with van der Waals surface area (Å²) in [5, 5.41) is 16.4. The van der Waals surface area contributed by atoms with E-state index in [1.54, 1.807) is 23.1 Å². The van der Waals surface area contributed by atoms with Crippen molar-refractivity contribution < 1.29 is 9.90 Å². The highest BCUT2D eigenvalue weighted by Crippen LogP contribution is 2.27. The minimum atomic E-state index is -1.18. The van der Waals surface area contributed by atoms with Gasteiger partial charge in [-0.1, -0.05) is 23.9 Å². The molecule has 1 aromatic carbocycles. The largest absolute Gasteiger partial charge is 0.465 e. The van der Waals surface area contributed by atoms with Crippen molar-refractivity contribution in [1.82, 2.24) is 19.7 Å². The predicted octanol–water partition coefficient (Wildman–Crippen LogP) is 2.81. The van der Waals surface area contributed by atoms with Crippen molar-refractivity contribution in [3.63, 3.8) is 0 Å². The quantitative estimate of drug-likeness (QED) is 0.718. The Morgan fingerprint density at radius 2 is 2.24 bits per heavy atom. The molecule has 0 aliphatic carbocycles. The standard InChI is InChI=1S/C12H11N5O2S2/c1-17-11(14-10(16-17)15-12(18)19)20-6-9-13-7-4-2-3-5-8(7)21-9/h2-5H,6H2,1H3,(H,15,16)(H,18,19). The van der Waals surface area contributed by atoms with E-state index in [1.807, 2.05) is 24.3 Å². The fourth-order valence-electron chi connectivity index (χ4n) is 1.75. The van der Waals surface area contributed by atoms with E-state index in [1.165, 1.54) is 11.8 Å². The molecule has 7 nitrogen and oxygen atoms in total. The van der Waals surface area contributed by atoms with Crippen LogP contribution in [-0.4, -0.2) is 30.9 Å². The molecular weight excluding hydrogens is 310 g/mol. The van der Waals surface area contributed by atoms with Crippen molar-refractivity contribution in [3.8, 4) is 0 Å². The molecular formula is C12H11N5O2S2. The number of nitrogens with one attached hydrogen (secondary N) is 1. The number of anilines is 1. The van der Waals surface area contributed by atoms with Crippen molar-refractivity contribution in [2.45, 2.75) is 10.9 Å². The summed E-state index contributed by atoms with van der Waals surface area (Å²) in [4.78, 5) is 19.2. The number of para-hydroxylation sites is 1. The Morgan fingerprint density at radius 3 is 3.00 bits per heavy atom. The van der Waals surface area contributed by atoms with E-state index in [2.05, 4.69) is 20.4 Å². The Morgan fingerprint density at radius 1 is 1.43 bits per heavy atom. The molecule has 0 saturated carbocycles. The molecule has 2 aromatic heterocycles. The van der Waals surface area contributed by atoms with Crippen LogP contribution >= 0.6 is 23.1 Å². The van der Waals surface area contributed by atoms with Crippen LogP contribution < -0.4 is 5.32 Å². The summed E-state index contributed by atoms with van der Waals surface area (Å²) < 4.78 is 2.70. The summed E-state index contributed by atoms with van der Waals surface area (Å²) in [5.41, 5.74) is 0.990. The van der Waals surface area contributed by atoms with Crippen LogP contribution in [0.1, 0.15) is 5.01 Å². The number of amides is 1. The van der Waals surface area contributed by atoms with Gasteiger partial charge in [0, 0.05) is 7.05 Å². The first kappa shape index (κ1) is 13.8. The van der Waals surface area contributed by atoms with Gasteiger partial charge in [0.25, 0.3) is 5.95 Å². The molecule has 0 saturated heterocycles. The first-order chi connectivity index (χ1) is 10.1. The molecule has 9 heteroatoms. The third kappa shape index (κ3) is 3.14. The van der Waals surface area contributed by atoms with Gasteiger partial charge in [-0.3, -0.25) is 5.32 Å². The van der Waals surface area contributed by atoms with E-state index in [-0.39, 0.29) is 5.95 Å². The van der Waals surface area contributed by atoms with Crippen molar-refractivity contribution in [2.24, 2.45) is 7.05 Å². The fraction of sp³-hybridized carbons (Fsp3) is 0.167. The van der Waals surface area contributed by atoms with Gasteiger partial charge < -0.3 is 5.11 Å². The van der Waals surface area contributed by atoms with Crippen LogP contribution in [0.3, 0.4) is 0 Å². The summed E-state index contributed by atoms with van der Waals surface area (Å²) in [6.45, 7) is 0. The molecule has 0 aliphatic heterocycles. The Kier molecular flexibility index (Phi) is 3.76. The van der Waals surface area contributed by atoms with Gasteiger partial charge in [0.1, 0.15) is 5.01 Å². The predicted molar refractivity (Wildman–Crippen MR) is 81.8 cm³/mol. The van der Waals surface area contributed by atoms with Crippen LogP contribution in [-0.2, 0) is 12.8 Å². The Labute approximate surface area is 128 Å². The number of hydrogen-bond acceptors (Lipinski definition) is 6. The SMILES string of the molecule is Cn1nc(NC(=O)O)nc1SCc1nc2ccccc2s1. The maximum absolute atomic E-state index is 10.6. The number of aromatic nitrogens is 4. The normalized spacial score (nSPS) is 10.9. The first-order valence-electron chi connectivity index (χ1n) is 6.00. The number of fused-ring (bicyclic) bond motifs is 1. The van der Waals surface area contributed by atoms with Crippen molar-refractivity contribution in [3.05, 3.63) is 29.3 Å². The van der Waals surface area contributed by atoms with Gasteiger partial charge in [-0.25, -0.2) is 14.5 Å². The molecule has 0 fully saturated rings. The van der Waals surface area contributed by atoms with Gasteiger partial charge in [-0.05, 0) is 12.1 Å². The molecule has 3 rings (SSSR count). The smallest absolute Gasteiger partial charge is 0.411 e. The van der Waals surface area contributed by atoms with Gasteiger partial charge in [-0.2, -0.15) is 4.98 Å². The fourth-order valence-corrected chi connectivity index (χ4v) is 3.62. The topological polar surface area (TPSA) is 92.9 Å². The van der Waals surface area contributed by atoms with E-state index < -0.39 is 6.09 Å². The van der Waals surface area contributed by atoms with E-state index >= 15 is 0 Å². The van der Waals surface area contributed by atoms with Crippen LogP contribution in [0.5, 0.6) is 0 Å². The Bertz CT molecular complexity index is 765. The van der Waals surface area contributed by atoms with Crippen LogP contribution in [0.4, 0.5) is 10.7 Å². The van der Waals surface area contributed by atoms with E-state index in [4.69, 9.17) is 5.11 Å². The van der Waals surface area contributed by atoms with Gasteiger partial charge in [0.05, 0.1) is 16.0 Å². The maximum Gasteiger partial charge on any atom is 0.411 e. The monoisotopic (exact) mass is 321 g/mol. The number of aryl methyl sites for hydroxylation is 1. The zero-order chi connectivity index (χ0) is 14.8. The van der Waals surface area contributed by atoms with Gasteiger partial charge in [0.2, 0.25) is 0 Å². The lowest BCUT2D eigenvalue weighted by atomic mass is 10.3. The maximum atomic E-state index is 10.6. The molecule has 0 aliphatic rings. The third-order valence-electron chi connectivity index (χ3n) is 2.60. The molecule has 0 radical (unpaired) electrons. The minimum absolute atomic E-state index is 0.0804. The third-order valence-corrected chi connectivity index (χ3v) is 4.86. The number of rotatable bonds is 4. The zero-order valence-electron chi connectivity index (χ0n) is 11.0. The Balaban J connectivity index is 1.72. The average Bonchev–Trinajstić information content (AvgIpc) is 2.98. The summed E-state index contributed by atoms with van der Waals surface area (Å²) in [5.74, 6) is 0.745. The van der Waals surface area contributed by atoms with Crippen molar-refractivity contribution in [2.75, 3.05) is 5.32 Å². The zero-order valence-corrected chi connectivity index (χ0v) is 12.6. The number of thiazole rings is 1. The van der Waals surface area contributed by atoms with E-state index in [0.29, 0.717) is 10.9 Å². The molecule has 21 heavy (non-hydrogen) atoms. The second-order valence-electron chi connectivity index (χ2n) is 4.14. The molecule has 3 aromatic rings. The molecule has 0 bridgehead atoms. The van der Waals surface area contributed by atoms with Crippen molar-refractivity contribution >= 4 is 45.4 Å². The highest BCUT2D eigenvalue weighted by molar-refractivity contribution is 7.98. The Hall–Kier alpha value is -2.13. The number of nitrogens with zero attached hydrogens (tertiary/aromatic N) is 4. The number of hydrogen-bond donors (Lipinski definition) is 2. The van der Waals surface area contributed by atoms with E-state index in [9.17, 15) is 4.79 Å². The highest BCUT2D eigenvalue weighted by atomic mass is 32.2. The molecule has 0 atom stereocenters. The second-order valence-corrected chi connectivity index (χ2v) is 6.19. The van der Waals surface area contributed by atoms with Crippen LogP contribution in [0.25, 0.3) is 10.2 Å². The molecule has 0 unspecified atom stereocenters. The van der Waals surface area contributed by atoms with Crippen molar-refractivity contribution in [1.29, 1.82) is 0 Å². The average molecular weight is 321 g/mol. The minimum Gasteiger partial charge on any atom is -0.465 e. The number of carbonyl (C=O) groups is 1. The van der Waals surface area contributed by atoms with Crippen LogP contribution in [0.2, 0.25) is 0 Å². The highest BCUT2D eigenvalue weighted by Gasteiger charge is 2.11. The molecule has 1 amide bonds. The first-order valence-corrected chi connectivity index (χ1v) is 7.80. The summed E-state index contributed by atoms with van der Waals surface area (Å²) >= 11 is 3.11. The summed E-state index contributed by atoms with van der Waals surface area (Å²) in [7, 11) is 1.72. The lowest BCUT2D eigenvalue weighted by Gasteiger charge is -1.96. The van der Waals surface area contributed by atoms with Gasteiger partial charge in [0.15, 0.2) is 5.16 Å².